The van der Waals surface area contributed by atoms with Crippen LogP contribution in [0.3, 0.4) is 0 Å². The average Bonchev–Trinajstić information content (AvgIpc) is 3.23. The van der Waals surface area contributed by atoms with Crippen LogP contribution >= 0.6 is 0 Å². The lowest BCUT2D eigenvalue weighted by Crippen LogP contribution is -2.37. The summed E-state index contributed by atoms with van der Waals surface area (Å²) in [4.78, 5) is 22.9. The van der Waals surface area contributed by atoms with E-state index in [4.69, 9.17) is 9.47 Å². The van der Waals surface area contributed by atoms with Gasteiger partial charge in [-0.3, -0.25) is 14.9 Å². The van der Waals surface area contributed by atoms with Crippen LogP contribution in [0, 0.1) is 6.92 Å². The number of nitrogens with zero attached hydrogens (tertiary/aromatic N) is 4. The van der Waals surface area contributed by atoms with Crippen molar-refractivity contribution in [2.45, 2.75) is 31.8 Å². The number of hydrogen-bond acceptors (Lipinski definition) is 6. The van der Waals surface area contributed by atoms with E-state index in [9.17, 15) is 4.79 Å². The summed E-state index contributed by atoms with van der Waals surface area (Å²) in [5, 5.41) is 7.11. The molecule has 1 aliphatic heterocycles. The molecule has 8 heteroatoms. The molecular formula is C17H23N5O3. The molecule has 8 nitrogen and oxygen atoms in total. The normalized spacial score (nSPS) is 19.8. The molecule has 0 spiro atoms. The number of methoxy groups -OCH3 is 1. The van der Waals surface area contributed by atoms with E-state index in [1.54, 1.807) is 37.4 Å². The number of amides is 1. The van der Waals surface area contributed by atoms with Crippen LogP contribution in [0.4, 0.5) is 0 Å². The molecular weight excluding hydrogens is 322 g/mol. The van der Waals surface area contributed by atoms with Gasteiger partial charge in [0.05, 0.1) is 31.2 Å². The maximum atomic E-state index is 12.6. The van der Waals surface area contributed by atoms with Gasteiger partial charge in [0.15, 0.2) is 5.82 Å². The number of likely N-dealkylation sites (N-methyl/N-ethyl adjacent to an activating group) is 1. The third-order valence-electron chi connectivity index (χ3n) is 4.42. The Labute approximate surface area is 146 Å². The first-order valence-corrected chi connectivity index (χ1v) is 8.31. The number of aryl methyl sites for hydroxylation is 1. The molecule has 0 radical (unpaired) electrons. The Kier molecular flexibility index (Phi) is 5.28. The number of hydrogen-bond donors (Lipinski definition) is 1. The van der Waals surface area contributed by atoms with E-state index in [1.807, 2.05) is 6.92 Å². The van der Waals surface area contributed by atoms with Crippen LogP contribution in [0.15, 0.2) is 18.3 Å². The van der Waals surface area contributed by atoms with E-state index in [-0.39, 0.29) is 24.3 Å². The van der Waals surface area contributed by atoms with Gasteiger partial charge in [0.1, 0.15) is 11.6 Å². The van der Waals surface area contributed by atoms with Gasteiger partial charge in [0, 0.05) is 26.4 Å². The van der Waals surface area contributed by atoms with Crippen LogP contribution < -0.4 is 4.74 Å². The number of aromatic nitrogens is 4. The summed E-state index contributed by atoms with van der Waals surface area (Å²) in [6, 6.07) is 3.59. The van der Waals surface area contributed by atoms with Gasteiger partial charge in [-0.05, 0) is 25.5 Å². The predicted molar refractivity (Wildman–Crippen MR) is 90.3 cm³/mol. The van der Waals surface area contributed by atoms with E-state index in [0.717, 1.165) is 18.1 Å². The summed E-state index contributed by atoms with van der Waals surface area (Å²) in [6.45, 7) is 3.02. The lowest BCUT2D eigenvalue weighted by Gasteiger charge is -2.24. The number of carbonyl (C=O) groups is 1. The third kappa shape index (κ3) is 3.96. The van der Waals surface area contributed by atoms with Crippen LogP contribution in [0.1, 0.15) is 29.7 Å². The Balaban J connectivity index is 1.62. The molecule has 2 aromatic rings. The van der Waals surface area contributed by atoms with E-state index < -0.39 is 0 Å². The quantitative estimate of drug-likeness (QED) is 0.842. The van der Waals surface area contributed by atoms with Gasteiger partial charge in [-0.15, -0.1) is 0 Å². The molecule has 134 valence electrons. The number of rotatable bonds is 6. The zero-order valence-corrected chi connectivity index (χ0v) is 14.7. The second-order valence-electron chi connectivity index (χ2n) is 6.19. The SMILES string of the molecule is COc1cccnc1CC(=O)N(C)C[C@H]1OCC[C@H]1c1n[nH]c(C)n1. The molecule has 2 aromatic heterocycles. The minimum absolute atomic E-state index is 0.0302. The first-order valence-electron chi connectivity index (χ1n) is 8.31. The van der Waals surface area contributed by atoms with Gasteiger partial charge in [-0.1, -0.05) is 0 Å². The summed E-state index contributed by atoms with van der Waals surface area (Å²) in [6.07, 6.45) is 2.61. The first-order chi connectivity index (χ1) is 12.1. The van der Waals surface area contributed by atoms with Gasteiger partial charge in [0.2, 0.25) is 5.91 Å². The van der Waals surface area contributed by atoms with Crippen LogP contribution in [-0.2, 0) is 16.0 Å². The highest BCUT2D eigenvalue weighted by molar-refractivity contribution is 5.78. The molecule has 3 heterocycles. The van der Waals surface area contributed by atoms with Crippen LogP contribution in [0.25, 0.3) is 0 Å². The summed E-state index contributed by atoms with van der Waals surface area (Å²) >= 11 is 0. The molecule has 1 aliphatic rings. The molecule has 0 unspecified atom stereocenters. The largest absolute Gasteiger partial charge is 0.495 e. The topological polar surface area (TPSA) is 93.2 Å². The Morgan fingerprint density at radius 2 is 2.36 bits per heavy atom. The second-order valence-corrected chi connectivity index (χ2v) is 6.19. The van der Waals surface area contributed by atoms with Gasteiger partial charge in [0.25, 0.3) is 0 Å². The van der Waals surface area contributed by atoms with Crippen LogP contribution in [-0.4, -0.2) is 64.4 Å². The summed E-state index contributed by atoms with van der Waals surface area (Å²) in [5.41, 5.74) is 0.635. The molecule has 25 heavy (non-hydrogen) atoms. The Morgan fingerprint density at radius 3 is 3.08 bits per heavy atom. The second kappa shape index (κ2) is 7.60. The van der Waals surface area contributed by atoms with Crippen LogP contribution in [0.2, 0.25) is 0 Å². The number of carbonyl (C=O) groups excluding carboxylic acids is 1. The summed E-state index contributed by atoms with van der Waals surface area (Å²) in [5.74, 6) is 2.23. The van der Waals surface area contributed by atoms with Crippen molar-refractivity contribution >= 4 is 5.91 Å². The highest BCUT2D eigenvalue weighted by Gasteiger charge is 2.34. The van der Waals surface area contributed by atoms with Crippen molar-refractivity contribution in [3.05, 3.63) is 35.7 Å². The number of ether oxygens (including phenoxy) is 2. The molecule has 1 saturated heterocycles. The zero-order chi connectivity index (χ0) is 17.8. The van der Waals surface area contributed by atoms with Crippen molar-refractivity contribution in [3.8, 4) is 5.75 Å². The van der Waals surface area contributed by atoms with Gasteiger partial charge >= 0.3 is 0 Å². The number of H-pyrrole nitrogens is 1. The van der Waals surface area contributed by atoms with Gasteiger partial charge in [-0.25, -0.2) is 4.98 Å². The number of aromatic amines is 1. The van der Waals surface area contributed by atoms with Crippen LogP contribution in [0.5, 0.6) is 5.75 Å². The third-order valence-corrected chi connectivity index (χ3v) is 4.42. The van der Waals surface area contributed by atoms with Crippen molar-refractivity contribution in [3.63, 3.8) is 0 Å². The van der Waals surface area contributed by atoms with Crippen molar-refractivity contribution in [1.29, 1.82) is 0 Å². The fourth-order valence-corrected chi connectivity index (χ4v) is 3.04. The minimum Gasteiger partial charge on any atom is -0.495 e. The fourth-order valence-electron chi connectivity index (χ4n) is 3.04. The van der Waals surface area contributed by atoms with E-state index in [2.05, 4.69) is 20.2 Å². The van der Waals surface area contributed by atoms with E-state index >= 15 is 0 Å². The molecule has 1 amide bonds. The minimum atomic E-state index is -0.102. The van der Waals surface area contributed by atoms with Crippen molar-refractivity contribution in [1.82, 2.24) is 25.1 Å². The van der Waals surface area contributed by atoms with Crippen molar-refractivity contribution < 1.29 is 14.3 Å². The number of pyridine rings is 1. The number of nitrogens with one attached hydrogen (secondary N) is 1. The lowest BCUT2D eigenvalue weighted by molar-refractivity contribution is -0.130. The first kappa shape index (κ1) is 17.3. The smallest absolute Gasteiger partial charge is 0.228 e. The van der Waals surface area contributed by atoms with Gasteiger partial charge < -0.3 is 14.4 Å². The highest BCUT2D eigenvalue weighted by Crippen LogP contribution is 2.29. The Bertz CT molecular complexity index is 733. The van der Waals surface area contributed by atoms with Crippen molar-refractivity contribution in [2.24, 2.45) is 0 Å². The van der Waals surface area contributed by atoms with E-state index in [1.165, 1.54) is 0 Å². The molecule has 0 saturated carbocycles. The maximum Gasteiger partial charge on any atom is 0.228 e. The average molecular weight is 345 g/mol. The molecule has 1 N–H and O–H groups in total. The Hall–Kier alpha value is -2.48. The Morgan fingerprint density at radius 1 is 1.52 bits per heavy atom. The summed E-state index contributed by atoms with van der Waals surface area (Å²) < 4.78 is 11.1. The molecule has 3 rings (SSSR count). The predicted octanol–water partition coefficient (Wildman–Crippen LogP) is 1.09. The van der Waals surface area contributed by atoms with E-state index in [0.29, 0.717) is 24.6 Å². The monoisotopic (exact) mass is 345 g/mol. The van der Waals surface area contributed by atoms with Gasteiger partial charge in [-0.2, -0.15) is 5.10 Å². The molecule has 1 fully saturated rings. The molecule has 2 atom stereocenters. The lowest BCUT2D eigenvalue weighted by atomic mass is 10.0. The maximum absolute atomic E-state index is 12.6. The molecule has 0 bridgehead atoms. The molecule has 0 aromatic carbocycles. The zero-order valence-electron chi connectivity index (χ0n) is 14.7. The fraction of sp³-hybridized carbons (Fsp3) is 0.529. The molecule has 0 aliphatic carbocycles. The summed E-state index contributed by atoms with van der Waals surface area (Å²) in [7, 11) is 3.35. The highest BCUT2D eigenvalue weighted by atomic mass is 16.5. The van der Waals surface area contributed by atoms with Crippen molar-refractivity contribution in [2.75, 3.05) is 27.3 Å². The standard InChI is InChI=1S/C17H23N5O3/c1-11-19-17(21-20-11)12-6-8-25-15(12)10-22(2)16(23)9-13-14(24-3)5-4-7-18-13/h4-5,7,12,15H,6,8-10H2,1-3H3,(H,19,20,21)/t12-,15-/m1/s1.